The van der Waals surface area contributed by atoms with Gasteiger partial charge in [-0.3, -0.25) is 0 Å². The molecule has 0 aliphatic rings. The number of nitrogens with two attached hydrogens (primary N) is 1. The van der Waals surface area contributed by atoms with Crippen LogP contribution in [0.3, 0.4) is 0 Å². The van der Waals surface area contributed by atoms with E-state index >= 15 is 0 Å². The van der Waals surface area contributed by atoms with Gasteiger partial charge in [0, 0.05) is 17.7 Å². The van der Waals surface area contributed by atoms with Gasteiger partial charge in [-0.25, -0.2) is 4.39 Å². The molecule has 0 amide bonds. The highest BCUT2D eigenvalue weighted by Gasteiger charge is 2.04. The quantitative estimate of drug-likeness (QED) is 0.555. The van der Waals surface area contributed by atoms with Gasteiger partial charge in [0.25, 0.3) is 0 Å². The first-order chi connectivity index (χ1) is 6.51. The van der Waals surface area contributed by atoms with E-state index in [1.54, 1.807) is 6.92 Å². The highest BCUT2D eigenvalue weighted by molar-refractivity contribution is 5.31. The van der Waals surface area contributed by atoms with E-state index in [1.165, 1.54) is 6.08 Å². The van der Waals surface area contributed by atoms with Crippen molar-refractivity contribution >= 4 is 0 Å². The first-order valence-corrected chi connectivity index (χ1v) is 4.73. The zero-order valence-electron chi connectivity index (χ0n) is 8.97. The third-order valence-electron chi connectivity index (χ3n) is 2.15. The van der Waals surface area contributed by atoms with E-state index in [-0.39, 0.29) is 11.5 Å². The molecule has 0 saturated heterocycles. The van der Waals surface area contributed by atoms with Crippen molar-refractivity contribution in [3.05, 3.63) is 23.2 Å². The molecule has 2 N–H and O–H groups in total. The minimum Gasteiger partial charge on any atom is -0.398 e. The van der Waals surface area contributed by atoms with Crippen LogP contribution in [0.1, 0.15) is 33.6 Å². The molecular formula is C11H17FN2. The summed E-state index contributed by atoms with van der Waals surface area (Å²) in [6.07, 6.45) is 2.56. The molecule has 0 saturated carbocycles. The number of allylic oxidation sites excluding steroid dienone is 3. The van der Waals surface area contributed by atoms with Crippen molar-refractivity contribution in [3.8, 4) is 6.07 Å². The van der Waals surface area contributed by atoms with Crippen LogP contribution in [0.2, 0.25) is 0 Å². The second-order valence-electron chi connectivity index (χ2n) is 3.50. The molecule has 2 nitrogen and oxygen atoms in total. The monoisotopic (exact) mass is 196 g/mol. The van der Waals surface area contributed by atoms with Crippen molar-refractivity contribution in [2.45, 2.75) is 33.6 Å². The maximum atomic E-state index is 13.2. The fourth-order valence-electron chi connectivity index (χ4n) is 0.878. The van der Waals surface area contributed by atoms with Gasteiger partial charge in [-0.1, -0.05) is 20.3 Å². The first kappa shape index (κ1) is 12.7. The van der Waals surface area contributed by atoms with Gasteiger partial charge in [-0.05, 0) is 18.9 Å². The molecule has 1 unspecified atom stereocenters. The summed E-state index contributed by atoms with van der Waals surface area (Å²) >= 11 is 0. The van der Waals surface area contributed by atoms with Crippen molar-refractivity contribution in [1.29, 1.82) is 5.26 Å². The Morgan fingerprint density at radius 3 is 2.64 bits per heavy atom. The Hall–Kier alpha value is -1.30. The maximum Gasteiger partial charge on any atom is 0.102 e. The van der Waals surface area contributed by atoms with E-state index in [1.807, 2.05) is 19.9 Å². The zero-order valence-corrected chi connectivity index (χ0v) is 8.97. The van der Waals surface area contributed by atoms with Gasteiger partial charge in [0.05, 0.1) is 6.07 Å². The molecule has 0 spiro atoms. The van der Waals surface area contributed by atoms with Crippen LogP contribution < -0.4 is 5.73 Å². The molecule has 0 radical (unpaired) electrons. The number of rotatable bonds is 4. The Kier molecular flexibility index (Phi) is 5.62. The van der Waals surface area contributed by atoms with E-state index in [0.29, 0.717) is 17.9 Å². The van der Waals surface area contributed by atoms with Crippen LogP contribution in [-0.4, -0.2) is 0 Å². The summed E-state index contributed by atoms with van der Waals surface area (Å²) < 4.78 is 13.2. The molecule has 1 atom stereocenters. The van der Waals surface area contributed by atoms with Gasteiger partial charge < -0.3 is 5.73 Å². The lowest BCUT2D eigenvalue weighted by Gasteiger charge is -2.05. The van der Waals surface area contributed by atoms with Crippen LogP contribution in [0.15, 0.2) is 23.2 Å². The third kappa shape index (κ3) is 4.66. The van der Waals surface area contributed by atoms with E-state index in [9.17, 15) is 4.39 Å². The Bertz CT molecular complexity index is 284. The molecule has 14 heavy (non-hydrogen) atoms. The lowest BCUT2D eigenvalue weighted by Crippen LogP contribution is -1.99. The van der Waals surface area contributed by atoms with Gasteiger partial charge in [0.15, 0.2) is 0 Å². The average Bonchev–Trinajstić information content (AvgIpc) is 2.15. The number of halogens is 1. The van der Waals surface area contributed by atoms with Crippen LogP contribution in [0.5, 0.6) is 0 Å². The third-order valence-corrected chi connectivity index (χ3v) is 2.15. The first-order valence-electron chi connectivity index (χ1n) is 4.73. The van der Waals surface area contributed by atoms with Crippen LogP contribution in [0.4, 0.5) is 4.39 Å². The molecule has 0 bridgehead atoms. The van der Waals surface area contributed by atoms with E-state index in [4.69, 9.17) is 11.0 Å². The number of nitriles is 1. The summed E-state index contributed by atoms with van der Waals surface area (Å²) in [5, 5.41) is 8.51. The largest absolute Gasteiger partial charge is 0.398 e. The summed E-state index contributed by atoms with van der Waals surface area (Å²) in [4.78, 5) is 0. The number of hydrogen-bond acceptors (Lipinski definition) is 2. The molecule has 0 aromatic rings. The van der Waals surface area contributed by atoms with Crippen molar-refractivity contribution < 1.29 is 4.39 Å². The van der Waals surface area contributed by atoms with Crippen molar-refractivity contribution in [3.63, 3.8) is 0 Å². The Labute approximate surface area is 84.9 Å². The molecule has 0 aliphatic carbocycles. The predicted molar refractivity (Wildman–Crippen MR) is 55.8 cm³/mol. The maximum absolute atomic E-state index is 13.2. The highest BCUT2D eigenvalue weighted by Crippen LogP contribution is 2.16. The van der Waals surface area contributed by atoms with Gasteiger partial charge in [0.1, 0.15) is 5.83 Å². The smallest absolute Gasteiger partial charge is 0.102 e. The summed E-state index contributed by atoms with van der Waals surface area (Å²) in [7, 11) is 0. The SMILES string of the molecule is CCC(C)C/C(F)=C\C(N)=C(/C)C#N. The molecule has 0 aliphatic heterocycles. The van der Waals surface area contributed by atoms with Crippen molar-refractivity contribution in [2.75, 3.05) is 0 Å². The Morgan fingerprint density at radius 1 is 1.64 bits per heavy atom. The van der Waals surface area contributed by atoms with E-state index in [0.717, 1.165) is 6.42 Å². The van der Waals surface area contributed by atoms with Gasteiger partial charge in [-0.2, -0.15) is 5.26 Å². The standard InChI is InChI=1S/C11H17FN2/c1-4-8(2)5-10(12)6-11(14)9(3)7-13/h6,8H,4-5,14H2,1-3H3/b10-6+,11-9-. The van der Waals surface area contributed by atoms with Crippen LogP contribution >= 0.6 is 0 Å². The molecule has 0 aromatic carbocycles. The number of hydrogen-bond donors (Lipinski definition) is 1. The molecule has 3 heteroatoms. The Morgan fingerprint density at radius 2 is 2.21 bits per heavy atom. The zero-order chi connectivity index (χ0) is 11.1. The van der Waals surface area contributed by atoms with Crippen molar-refractivity contribution in [2.24, 2.45) is 11.7 Å². The minimum atomic E-state index is -0.258. The summed E-state index contributed by atoms with van der Waals surface area (Å²) in [5.41, 5.74) is 6.05. The fraction of sp³-hybridized carbons (Fsp3) is 0.545. The lowest BCUT2D eigenvalue weighted by atomic mass is 10.0. The Balaban J connectivity index is 4.47. The molecule has 0 heterocycles. The predicted octanol–water partition coefficient (Wildman–Crippen LogP) is 3.03. The van der Waals surface area contributed by atoms with Gasteiger partial charge in [0.2, 0.25) is 0 Å². The summed E-state index contributed by atoms with van der Waals surface area (Å²) in [6, 6.07) is 1.88. The summed E-state index contributed by atoms with van der Waals surface area (Å²) in [6.45, 7) is 5.56. The van der Waals surface area contributed by atoms with Crippen molar-refractivity contribution in [1.82, 2.24) is 0 Å². The van der Waals surface area contributed by atoms with Crippen LogP contribution in [0.25, 0.3) is 0 Å². The molecule has 78 valence electrons. The van der Waals surface area contributed by atoms with Gasteiger partial charge >= 0.3 is 0 Å². The number of nitrogens with zero attached hydrogens (tertiary/aromatic N) is 1. The topological polar surface area (TPSA) is 49.8 Å². The van der Waals surface area contributed by atoms with E-state index < -0.39 is 0 Å². The molecule has 0 aromatic heterocycles. The van der Waals surface area contributed by atoms with Crippen LogP contribution in [0, 0.1) is 17.2 Å². The summed E-state index contributed by atoms with van der Waals surface area (Å²) in [5.74, 6) is 0.0490. The second kappa shape index (κ2) is 6.20. The van der Waals surface area contributed by atoms with Crippen LogP contribution in [-0.2, 0) is 0 Å². The van der Waals surface area contributed by atoms with Gasteiger partial charge in [-0.15, -0.1) is 0 Å². The average molecular weight is 196 g/mol. The molecule has 0 fully saturated rings. The second-order valence-corrected chi connectivity index (χ2v) is 3.50. The lowest BCUT2D eigenvalue weighted by molar-refractivity contribution is 0.478. The van der Waals surface area contributed by atoms with E-state index in [2.05, 4.69) is 0 Å². The minimum absolute atomic E-state index is 0.216. The normalized spacial score (nSPS) is 15.8. The molecular weight excluding hydrogens is 179 g/mol. The molecule has 0 rings (SSSR count). The highest BCUT2D eigenvalue weighted by atomic mass is 19.1. The fourth-order valence-corrected chi connectivity index (χ4v) is 0.878.